The third-order valence-electron chi connectivity index (χ3n) is 15.5. The van der Waals surface area contributed by atoms with E-state index in [1.165, 1.54) is 13.8 Å². The molecule has 12 N–H and O–H groups in total. The second kappa shape index (κ2) is 23.7. The number of nitrogens with one attached hydrogen (secondary N) is 4. The van der Waals surface area contributed by atoms with Gasteiger partial charge < -0.3 is 70.3 Å². The minimum absolute atomic E-state index is 0.236. The van der Waals surface area contributed by atoms with Crippen molar-refractivity contribution in [1.29, 1.82) is 0 Å². The normalized spacial score (nSPS) is 24.8. The standard InChI is InChI=1S/C60H72N4O12/c1-5-7-9-11-15-35-39-21-25-43(61-39)51(37-19-13-17-33(31(3)67)49(37)59-57(73)55(71)53(69)47(29-65)75-59)45-27-23-41(63-45)36(16-12-10-8-6-2)42-24-28-46(64-42)52(44-26-22-40(35)62-44)38-20-14-18-34(32(4)68)50(38)60-58(74)56(72)54(70)48(30-66)76-60/h13-14,17-28,47-48,53-66,69-74H,5-12,15-16,29-30H2,1-4H3/t47-,48-,53-,54-,55-,56-,57-,58-,59?,60?/m1/s1. The number of aromatic amines is 4. The quantitative estimate of drug-likeness (QED) is 0.0435. The average Bonchev–Trinajstić information content (AvgIpc) is 4.32. The van der Waals surface area contributed by atoms with E-state index in [9.17, 15) is 50.4 Å². The van der Waals surface area contributed by atoms with Crippen LogP contribution in [-0.2, 0) is 9.47 Å². The van der Waals surface area contributed by atoms with E-state index in [0.29, 0.717) is 68.3 Å². The molecule has 3 aliphatic heterocycles. The van der Waals surface area contributed by atoms with Crippen molar-refractivity contribution < 1.29 is 59.9 Å². The average molecular weight is 1040 g/mol. The van der Waals surface area contributed by atoms with Gasteiger partial charge in [-0.05, 0) is 110 Å². The summed E-state index contributed by atoms with van der Waals surface area (Å²) >= 11 is 0. The van der Waals surface area contributed by atoms with Crippen LogP contribution in [-0.4, -0.2) is 134 Å². The van der Waals surface area contributed by atoms with E-state index in [1.54, 1.807) is 24.3 Å². The molecule has 0 spiro atoms. The Bertz CT molecular complexity index is 3090. The Morgan fingerprint density at radius 1 is 0.447 bits per heavy atom. The third-order valence-corrected chi connectivity index (χ3v) is 15.5. The maximum Gasteiger partial charge on any atom is 0.160 e. The van der Waals surface area contributed by atoms with Gasteiger partial charge >= 0.3 is 0 Å². The second-order valence-corrected chi connectivity index (χ2v) is 20.6. The summed E-state index contributed by atoms with van der Waals surface area (Å²) < 4.78 is 12.5. The van der Waals surface area contributed by atoms with E-state index < -0.39 is 74.3 Å². The Hall–Kier alpha value is -6.02. The highest BCUT2D eigenvalue weighted by molar-refractivity contribution is 5.99. The summed E-state index contributed by atoms with van der Waals surface area (Å²) in [5, 5.41) is 90.9. The first-order chi connectivity index (χ1) is 36.7. The Morgan fingerprint density at radius 2 is 0.829 bits per heavy atom. The van der Waals surface area contributed by atoms with Gasteiger partial charge in [0.05, 0.1) is 13.2 Å². The number of aliphatic hydroxyl groups excluding tert-OH is 8. The second-order valence-electron chi connectivity index (χ2n) is 20.6. The predicted molar refractivity (Wildman–Crippen MR) is 286 cm³/mol. The van der Waals surface area contributed by atoms with Crippen molar-refractivity contribution in [3.63, 3.8) is 0 Å². The van der Waals surface area contributed by atoms with Crippen molar-refractivity contribution in [2.24, 2.45) is 0 Å². The Balaban J connectivity index is 1.36. The number of Topliss-reactive ketones (excluding diaryl/α,β-unsaturated/α-hetero) is 2. The van der Waals surface area contributed by atoms with Crippen LogP contribution in [0.2, 0.25) is 0 Å². The number of ether oxygens (including phenoxy) is 2. The summed E-state index contributed by atoms with van der Waals surface area (Å²) in [6.45, 7) is 5.87. The van der Waals surface area contributed by atoms with Crippen LogP contribution in [0.3, 0.4) is 0 Å². The summed E-state index contributed by atoms with van der Waals surface area (Å²) in [5.74, 6) is -0.635. The van der Waals surface area contributed by atoms with Gasteiger partial charge in [0.15, 0.2) is 11.6 Å². The number of unbranched alkanes of at least 4 members (excludes halogenated alkanes) is 6. The van der Waals surface area contributed by atoms with Crippen LogP contribution in [0, 0.1) is 0 Å². The van der Waals surface area contributed by atoms with Gasteiger partial charge in [-0.15, -0.1) is 0 Å². The van der Waals surface area contributed by atoms with Crippen LogP contribution in [0.15, 0.2) is 84.9 Å². The van der Waals surface area contributed by atoms with Gasteiger partial charge in [0.25, 0.3) is 0 Å². The highest BCUT2D eigenvalue weighted by atomic mass is 16.6. The lowest BCUT2D eigenvalue weighted by molar-refractivity contribution is -0.231. The SMILES string of the molecule is CCCCCCC1=c2ccc([nH]2)=C(c2cccc(C(C)=O)c2C2O[C@H](CO)[C@@H](O)[C@@H](O)[C@H]2O)c2ccc([nH]2)C(CCCCCC)=c2ccc([nH]2)=C(c2cccc(C(C)=O)c2C2O[C@H](CO)[C@@H](O)[C@@H](O)[C@H]2O)c2ccc1[nH]2. The number of ketones is 2. The molecule has 0 aliphatic carbocycles. The molecule has 16 heteroatoms. The first-order valence-corrected chi connectivity index (χ1v) is 26.8. The van der Waals surface area contributed by atoms with E-state index in [1.807, 2.05) is 60.7 Å². The van der Waals surface area contributed by atoms with Crippen molar-refractivity contribution in [3.05, 3.63) is 162 Å². The van der Waals surface area contributed by atoms with Gasteiger partial charge in [0.2, 0.25) is 0 Å². The summed E-state index contributed by atoms with van der Waals surface area (Å²) in [5.41, 5.74) is 8.17. The van der Waals surface area contributed by atoms with Gasteiger partial charge in [-0.25, -0.2) is 0 Å². The van der Waals surface area contributed by atoms with Crippen LogP contribution >= 0.6 is 0 Å². The minimum Gasteiger partial charge on any atom is -0.394 e. The number of H-pyrrole nitrogens is 4. The number of rotatable bonds is 18. The zero-order valence-corrected chi connectivity index (χ0v) is 43.6. The molecule has 2 fully saturated rings. The number of aromatic nitrogens is 4. The van der Waals surface area contributed by atoms with E-state index >= 15 is 0 Å². The summed E-state index contributed by atoms with van der Waals surface area (Å²) in [6.07, 6.45) is -5.93. The van der Waals surface area contributed by atoms with Gasteiger partial charge in [-0.3, -0.25) is 9.59 Å². The first kappa shape index (κ1) is 54.8. The van der Waals surface area contributed by atoms with Crippen LogP contribution < -0.4 is 21.4 Å². The van der Waals surface area contributed by atoms with E-state index in [0.717, 1.165) is 84.6 Å². The van der Waals surface area contributed by atoms with Crippen LogP contribution in [0.1, 0.15) is 170 Å². The molecule has 76 heavy (non-hydrogen) atoms. The van der Waals surface area contributed by atoms with E-state index in [2.05, 4.69) is 33.8 Å². The lowest BCUT2D eigenvalue weighted by atomic mass is 9.83. The molecule has 2 aromatic carbocycles. The molecule has 0 amide bonds. The number of hydrogen-bond donors (Lipinski definition) is 12. The summed E-state index contributed by atoms with van der Waals surface area (Å²) in [7, 11) is 0. The van der Waals surface area contributed by atoms with Crippen LogP contribution in [0.4, 0.5) is 0 Å². The van der Waals surface area contributed by atoms with Crippen molar-refractivity contribution in [2.45, 2.75) is 153 Å². The lowest BCUT2D eigenvalue weighted by Crippen LogP contribution is -2.55. The molecular formula is C60H72N4O12. The fraction of sp³-hybridized carbons (Fsp3) is 0.433. The molecule has 7 heterocycles. The fourth-order valence-corrected chi connectivity index (χ4v) is 11.5. The number of hydrogen-bond acceptors (Lipinski definition) is 12. The predicted octanol–water partition coefficient (Wildman–Crippen LogP) is 3.58. The topological polar surface area (TPSA) is 278 Å². The molecule has 6 aromatic rings. The highest BCUT2D eigenvalue weighted by Crippen LogP contribution is 2.42. The molecule has 2 unspecified atom stereocenters. The van der Waals surface area contributed by atoms with E-state index in [-0.39, 0.29) is 22.7 Å². The monoisotopic (exact) mass is 1040 g/mol. The smallest absolute Gasteiger partial charge is 0.160 e. The van der Waals surface area contributed by atoms with Crippen molar-refractivity contribution >= 4 is 33.9 Å². The van der Waals surface area contributed by atoms with Gasteiger partial charge in [0.1, 0.15) is 61.0 Å². The maximum atomic E-state index is 13.7. The van der Waals surface area contributed by atoms with Gasteiger partial charge in [-0.1, -0.05) is 88.8 Å². The molecular weight excluding hydrogens is 969 g/mol. The Labute approximate surface area is 440 Å². The minimum atomic E-state index is -1.69. The zero-order valence-electron chi connectivity index (χ0n) is 43.6. The van der Waals surface area contributed by atoms with Gasteiger partial charge in [-0.2, -0.15) is 0 Å². The molecule has 2 saturated heterocycles. The summed E-state index contributed by atoms with van der Waals surface area (Å²) in [4.78, 5) is 42.4. The Kier molecular flexibility index (Phi) is 17.1. The Morgan fingerprint density at radius 3 is 1.20 bits per heavy atom. The summed E-state index contributed by atoms with van der Waals surface area (Å²) in [6, 6.07) is 26.4. The molecule has 0 saturated carbocycles. The highest BCUT2D eigenvalue weighted by Gasteiger charge is 2.47. The molecule has 4 aromatic heterocycles. The molecule has 404 valence electrons. The molecule has 9 rings (SSSR count). The molecule has 0 radical (unpaired) electrons. The largest absolute Gasteiger partial charge is 0.394 e. The lowest BCUT2D eigenvalue weighted by Gasteiger charge is -2.41. The van der Waals surface area contributed by atoms with Crippen molar-refractivity contribution in [1.82, 2.24) is 19.9 Å². The van der Waals surface area contributed by atoms with Gasteiger partial charge in [0, 0.05) is 77.6 Å². The first-order valence-electron chi connectivity index (χ1n) is 26.8. The molecule has 3 aliphatic rings. The number of fused-ring (bicyclic) bond motifs is 8. The van der Waals surface area contributed by atoms with E-state index in [4.69, 9.17) is 9.47 Å². The molecule has 8 bridgehead atoms. The van der Waals surface area contributed by atoms with Crippen LogP contribution in [0.5, 0.6) is 0 Å². The fourth-order valence-electron chi connectivity index (χ4n) is 11.5. The molecule has 16 nitrogen and oxygen atoms in total. The number of carbonyl (C=O) groups excluding carboxylic acids is 2. The third kappa shape index (κ3) is 10.6. The maximum absolute atomic E-state index is 13.7. The van der Waals surface area contributed by atoms with Crippen molar-refractivity contribution in [3.8, 4) is 0 Å². The number of aliphatic hydroxyl groups is 8. The number of carbonyl (C=O) groups is 2. The number of benzene rings is 2. The molecule has 10 atom stereocenters. The van der Waals surface area contributed by atoms with Crippen LogP contribution in [0.25, 0.3) is 22.3 Å². The zero-order chi connectivity index (χ0) is 53.9. The van der Waals surface area contributed by atoms with Crippen molar-refractivity contribution in [2.75, 3.05) is 13.2 Å².